The summed E-state index contributed by atoms with van der Waals surface area (Å²) in [4.78, 5) is 55.5. The minimum atomic E-state index is -1.52. The van der Waals surface area contributed by atoms with Gasteiger partial charge in [0.05, 0.1) is 18.9 Å². The average Bonchev–Trinajstić information content (AvgIpc) is 2.35. The molecule has 11 heteroatoms. The third-order valence-corrected chi connectivity index (χ3v) is 2.53. The van der Waals surface area contributed by atoms with Crippen LogP contribution in [0.15, 0.2) is 0 Å². The van der Waals surface area contributed by atoms with Gasteiger partial charge in [0.2, 0.25) is 17.7 Å². The number of amides is 3. The molecule has 0 rings (SSSR count). The lowest BCUT2D eigenvalue weighted by Crippen LogP contribution is -2.55. The Morgan fingerprint density at radius 3 is 1.86 bits per heavy atom. The van der Waals surface area contributed by atoms with E-state index in [1.807, 2.05) is 5.32 Å². The van der Waals surface area contributed by atoms with Crippen LogP contribution in [0.4, 0.5) is 0 Å². The molecule has 0 saturated carbocycles. The molecular weight excluding hydrogens is 300 g/mol. The molecule has 0 spiro atoms. The first-order chi connectivity index (χ1) is 10.0. The number of nitrogens with two attached hydrogens (primary N) is 2. The van der Waals surface area contributed by atoms with Gasteiger partial charge < -0.3 is 32.3 Å². The molecule has 8 N–H and O–H groups in total. The van der Waals surface area contributed by atoms with Crippen LogP contribution in [0, 0.1) is 0 Å². The van der Waals surface area contributed by atoms with Crippen LogP contribution in [0.3, 0.4) is 0 Å². The number of carbonyl (C=O) groups is 5. The van der Waals surface area contributed by atoms with E-state index < -0.39 is 60.6 Å². The van der Waals surface area contributed by atoms with Gasteiger partial charge in [-0.15, -0.1) is 0 Å². The van der Waals surface area contributed by atoms with Crippen molar-refractivity contribution in [2.24, 2.45) is 11.5 Å². The maximum absolute atomic E-state index is 11.8. The van der Waals surface area contributed by atoms with Crippen LogP contribution in [0.2, 0.25) is 0 Å². The molecule has 3 amide bonds. The van der Waals surface area contributed by atoms with Crippen LogP contribution in [-0.2, 0) is 24.0 Å². The van der Waals surface area contributed by atoms with Crippen LogP contribution in [0.1, 0.15) is 19.8 Å². The topological polar surface area (TPSA) is 202 Å². The summed E-state index contributed by atoms with van der Waals surface area (Å²) >= 11 is 0. The number of hydrogen-bond acceptors (Lipinski definition) is 6. The summed E-state index contributed by atoms with van der Waals surface area (Å²) in [5, 5.41) is 21.4. The molecule has 0 aliphatic rings. The van der Waals surface area contributed by atoms with Gasteiger partial charge in [0.1, 0.15) is 12.1 Å². The van der Waals surface area contributed by atoms with Gasteiger partial charge in [0.25, 0.3) is 0 Å². The van der Waals surface area contributed by atoms with Gasteiger partial charge in [-0.3, -0.25) is 24.0 Å². The van der Waals surface area contributed by atoms with Gasteiger partial charge in [-0.1, -0.05) is 0 Å². The van der Waals surface area contributed by atoms with Crippen molar-refractivity contribution in [3.05, 3.63) is 0 Å². The molecule has 0 heterocycles. The van der Waals surface area contributed by atoms with E-state index in [-0.39, 0.29) is 0 Å². The zero-order valence-electron chi connectivity index (χ0n) is 11.7. The number of nitrogens with one attached hydrogen (secondary N) is 2. The van der Waals surface area contributed by atoms with Crippen molar-refractivity contribution >= 4 is 29.7 Å². The maximum atomic E-state index is 11.8. The first-order valence-corrected chi connectivity index (χ1v) is 6.13. The first kappa shape index (κ1) is 19.3. The van der Waals surface area contributed by atoms with Crippen molar-refractivity contribution in [1.29, 1.82) is 0 Å². The Balaban J connectivity index is 4.86. The van der Waals surface area contributed by atoms with Crippen LogP contribution >= 0.6 is 0 Å². The van der Waals surface area contributed by atoms with E-state index >= 15 is 0 Å². The van der Waals surface area contributed by atoms with Crippen LogP contribution in [0.5, 0.6) is 0 Å². The van der Waals surface area contributed by atoms with Crippen LogP contribution in [-0.4, -0.2) is 58.0 Å². The van der Waals surface area contributed by atoms with E-state index in [9.17, 15) is 24.0 Å². The fraction of sp³-hybridized carbons (Fsp3) is 0.545. The number of hydrogen-bond donors (Lipinski definition) is 6. The summed E-state index contributed by atoms with van der Waals surface area (Å²) in [6, 6.07) is -4.05. The van der Waals surface area contributed by atoms with E-state index in [4.69, 9.17) is 21.7 Å². The fourth-order valence-corrected chi connectivity index (χ4v) is 1.33. The third kappa shape index (κ3) is 7.19. The molecule has 124 valence electrons. The summed E-state index contributed by atoms with van der Waals surface area (Å²) in [7, 11) is 0. The largest absolute Gasteiger partial charge is 0.481 e. The van der Waals surface area contributed by atoms with E-state index in [1.54, 1.807) is 0 Å². The predicted molar refractivity (Wildman–Crippen MR) is 71.2 cm³/mol. The molecule has 0 bridgehead atoms. The fourth-order valence-electron chi connectivity index (χ4n) is 1.33. The Morgan fingerprint density at radius 2 is 1.45 bits per heavy atom. The minimum Gasteiger partial charge on any atom is -0.481 e. The van der Waals surface area contributed by atoms with Crippen molar-refractivity contribution in [3.63, 3.8) is 0 Å². The molecule has 0 unspecified atom stereocenters. The number of aliphatic carboxylic acids is 2. The second kappa shape index (κ2) is 8.56. The Morgan fingerprint density at radius 1 is 0.955 bits per heavy atom. The van der Waals surface area contributed by atoms with Crippen molar-refractivity contribution in [1.82, 2.24) is 10.6 Å². The molecule has 0 aromatic rings. The van der Waals surface area contributed by atoms with Gasteiger partial charge in [-0.2, -0.15) is 0 Å². The first-order valence-electron chi connectivity index (χ1n) is 6.13. The molecule has 0 radical (unpaired) electrons. The monoisotopic (exact) mass is 318 g/mol. The molecule has 0 aromatic heterocycles. The smallest absolute Gasteiger partial charge is 0.305 e. The van der Waals surface area contributed by atoms with E-state index in [0.29, 0.717) is 0 Å². The Kier molecular flexibility index (Phi) is 7.52. The summed E-state index contributed by atoms with van der Waals surface area (Å²) < 4.78 is 0. The highest BCUT2D eigenvalue weighted by Crippen LogP contribution is 1.97. The molecule has 11 nitrogen and oxygen atoms in total. The quantitative estimate of drug-likeness (QED) is 0.254. The predicted octanol–water partition coefficient (Wildman–Crippen LogP) is -3.26. The molecule has 0 aromatic carbocycles. The molecule has 22 heavy (non-hydrogen) atoms. The maximum Gasteiger partial charge on any atom is 0.305 e. The number of rotatable bonds is 9. The van der Waals surface area contributed by atoms with Gasteiger partial charge in [-0.05, 0) is 6.92 Å². The number of primary amides is 1. The highest BCUT2D eigenvalue weighted by Gasteiger charge is 2.28. The zero-order chi connectivity index (χ0) is 17.4. The summed E-state index contributed by atoms with van der Waals surface area (Å²) in [5.41, 5.74) is 10.2. The average molecular weight is 318 g/mol. The normalized spacial score (nSPS) is 14.3. The molecule has 3 atom stereocenters. The van der Waals surface area contributed by atoms with Crippen LogP contribution < -0.4 is 22.1 Å². The highest BCUT2D eigenvalue weighted by atomic mass is 16.4. The van der Waals surface area contributed by atoms with E-state index in [2.05, 4.69) is 5.32 Å². The molecule has 0 fully saturated rings. The van der Waals surface area contributed by atoms with Gasteiger partial charge in [0, 0.05) is 0 Å². The molecule has 0 aliphatic carbocycles. The highest BCUT2D eigenvalue weighted by molar-refractivity contribution is 5.95. The SMILES string of the molecule is C[C@@H](NC(=O)[C@H](CC(=O)O)NC(=O)[C@@H](N)CC(=O)O)C(N)=O. The minimum absolute atomic E-state index is 0.690. The number of carboxylic acid groups (broad SMARTS) is 2. The van der Waals surface area contributed by atoms with E-state index in [1.165, 1.54) is 6.92 Å². The Hall–Kier alpha value is -2.69. The zero-order valence-corrected chi connectivity index (χ0v) is 11.7. The number of carboxylic acids is 2. The molecule has 0 saturated heterocycles. The second-order valence-corrected chi connectivity index (χ2v) is 4.50. The standard InChI is InChI=1S/C11H18N4O7/c1-4(9(13)20)14-11(22)6(3-8(18)19)15-10(21)5(12)2-7(16)17/h4-6H,2-3,12H2,1H3,(H2,13,20)(H,14,22)(H,15,21)(H,16,17)(H,18,19)/t4-,5+,6+/m1/s1. The Labute approximate surface area is 125 Å². The van der Waals surface area contributed by atoms with Crippen LogP contribution in [0.25, 0.3) is 0 Å². The Bertz CT molecular complexity index is 479. The van der Waals surface area contributed by atoms with E-state index in [0.717, 1.165) is 0 Å². The van der Waals surface area contributed by atoms with Gasteiger partial charge in [0.15, 0.2) is 0 Å². The van der Waals surface area contributed by atoms with Crippen molar-refractivity contribution < 1.29 is 34.2 Å². The third-order valence-electron chi connectivity index (χ3n) is 2.53. The molecular formula is C11H18N4O7. The lowest BCUT2D eigenvalue weighted by Gasteiger charge is -2.20. The molecule has 0 aliphatic heterocycles. The lowest BCUT2D eigenvalue weighted by molar-refractivity contribution is -0.142. The number of carbonyl (C=O) groups excluding carboxylic acids is 3. The van der Waals surface area contributed by atoms with Crippen molar-refractivity contribution in [3.8, 4) is 0 Å². The van der Waals surface area contributed by atoms with Gasteiger partial charge >= 0.3 is 11.9 Å². The summed E-state index contributed by atoms with van der Waals surface area (Å²) in [5.74, 6) is -5.53. The summed E-state index contributed by atoms with van der Waals surface area (Å²) in [6.07, 6.45) is -1.46. The van der Waals surface area contributed by atoms with Crippen molar-refractivity contribution in [2.45, 2.75) is 37.9 Å². The van der Waals surface area contributed by atoms with Crippen molar-refractivity contribution in [2.75, 3.05) is 0 Å². The van der Waals surface area contributed by atoms with Gasteiger partial charge in [-0.25, -0.2) is 0 Å². The lowest BCUT2D eigenvalue weighted by atomic mass is 10.1. The second-order valence-electron chi connectivity index (χ2n) is 4.50. The summed E-state index contributed by atoms with van der Waals surface area (Å²) in [6.45, 7) is 1.27.